The lowest BCUT2D eigenvalue weighted by Gasteiger charge is -2.19. The van der Waals surface area contributed by atoms with E-state index in [1.54, 1.807) is 24.4 Å². The van der Waals surface area contributed by atoms with Gasteiger partial charge in [-0.3, -0.25) is 14.7 Å². The molecule has 4 rings (SSSR count). The molecule has 108 valence electrons. The molecule has 1 atom stereocenters. The van der Waals surface area contributed by atoms with Gasteiger partial charge in [0.1, 0.15) is 11.5 Å². The molecule has 6 nitrogen and oxygen atoms in total. The van der Waals surface area contributed by atoms with Crippen LogP contribution in [0, 0.1) is 6.92 Å². The Bertz CT molecular complexity index is 910. The molecular formula is C16H12N4O2. The largest absolute Gasteiger partial charge is 0.367 e. The third kappa shape index (κ3) is 1.78. The Morgan fingerprint density at radius 1 is 1.14 bits per heavy atom. The van der Waals surface area contributed by atoms with Crippen molar-refractivity contribution in [1.29, 1.82) is 0 Å². The third-order valence-corrected chi connectivity index (χ3v) is 3.70. The van der Waals surface area contributed by atoms with Crippen LogP contribution in [0.5, 0.6) is 0 Å². The van der Waals surface area contributed by atoms with Gasteiger partial charge in [0, 0.05) is 17.3 Å². The van der Waals surface area contributed by atoms with Gasteiger partial charge in [-0.15, -0.1) is 0 Å². The van der Waals surface area contributed by atoms with Gasteiger partial charge in [0.25, 0.3) is 5.91 Å². The fourth-order valence-corrected chi connectivity index (χ4v) is 2.61. The Labute approximate surface area is 126 Å². The Morgan fingerprint density at radius 2 is 1.95 bits per heavy atom. The first-order valence-corrected chi connectivity index (χ1v) is 6.86. The van der Waals surface area contributed by atoms with E-state index in [1.807, 2.05) is 25.1 Å². The zero-order valence-electron chi connectivity index (χ0n) is 11.8. The van der Waals surface area contributed by atoms with Crippen LogP contribution < -0.4 is 4.90 Å². The van der Waals surface area contributed by atoms with Crippen molar-refractivity contribution < 1.29 is 9.90 Å². The number of fused-ring (bicyclic) bond motifs is 2. The van der Waals surface area contributed by atoms with E-state index in [9.17, 15) is 9.90 Å². The van der Waals surface area contributed by atoms with E-state index >= 15 is 0 Å². The van der Waals surface area contributed by atoms with Crippen LogP contribution in [0.1, 0.15) is 28.0 Å². The van der Waals surface area contributed by atoms with Crippen LogP contribution in [0.4, 0.5) is 5.82 Å². The Hall–Kier alpha value is -2.86. The number of carbonyl (C=O) groups is 1. The number of pyridine rings is 3. The molecule has 1 aliphatic heterocycles. The molecule has 0 spiro atoms. The third-order valence-electron chi connectivity index (χ3n) is 3.70. The lowest BCUT2D eigenvalue weighted by molar-refractivity contribution is 0.0932. The number of aryl methyl sites for hydroxylation is 1. The van der Waals surface area contributed by atoms with Gasteiger partial charge in [-0.1, -0.05) is 0 Å². The first-order valence-electron chi connectivity index (χ1n) is 6.86. The van der Waals surface area contributed by atoms with Crippen LogP contribution in [0.15, 0.2) is 42.6 Å². The van der Waals surface area contributed by atoms with Crippen LogP contribution in [-0.4, -0.2) is 26.0 Å². The van der Waals surface area contributed by atoms with Crippen molar-refractivity contribution in [2.45, 2.75) is 13.2 Å². The molecule has 6 heteroatoms. The summed E-state index contributed by atoms with van der Waals surface area (Å²) in [6.45, 7) is 1.88. The fraction of sp³-hybridized carbons (Fsp3) is 0.125. The van der Waals surface area contributed by atoms with Gasteiger partial charge < -0.3 is 5.11 Å². The van der Waals surface area contributed by atoms with E-state index in [2.05, 4.69) is 15.0 Å². The minimum Gasteiger partial charge on any atom is -0.367 e. The Balaban J connectivity index is 1.84. The molecule has 0 aromatic carbocycles. The van der Waals surface area contributed by atoms with Crippen LogP contribution in [0.2, 0.25) is 0 Å². The molecule has 0 radical (unpaired) electrons. The average molecular weight is 292 g/mol. The predicted molar refractivity (Wildman–Crippen MR) is 80.3 cm³/mol. The number of rotatable bonds is 1. The Morgan fingerprint density at radius 3 is 2.77 bits per heavy atom. The zero-order chi connectivity index (χ0) is 15.3. The molecular weight excluding hydrogens is 280 g/mol. The van der Waals surface area contributed by atoms with E-state index < -0.39 is 6.23 Å². The van der Waals surface area contributed by atoms with Gasteiger partial charge in [0.2, 0.25) is 0 Å². The van der Waals surface area contributed by atoms with Crippen molar-refractivity contribution in [3.8, 4) is 0 Å². The highest BCUT2D eigenvalue weighted by Gasteiger charge is 2.38. The van der Waals surface area contributed by atoms with E-state index in [0.29, 0.717) is 22.7 Å². The van der Waals surface area contributed by atoms with Gasteiger partial charge in [0.15, 0.2) is 11.9 Å². The topological polar surface area (TPSA) is 79.2 Å². The van der Waals surface area contributed by atoms with Crippen molar-refractivity contribution in [3.05, 3.63) is 59.5 Å². The smallest absolute Gasteiger partial charge is 0.263 e. The quantitative estimate of drug-likeness (QED) is 0.742. The summed E-state index contributed by atoms with van der Waals surface area (Å²) in [4.78, 5) is 26.6. The van der Waals surface area contributed by atoms with E-state index in [4.69, 9.17) is 0 Å². The molecule has 0 aliphatic carbocycles. The summed E-state index contributed by atoms with van der Waals surface area (Å²) in [7, 11) is 0. The lowest BCUT2D eigenvalue weighted by Crippen LogP contribution is -2.28. The number of carbonyl (C=O) groups excluding carboxylic acids is 1. The molecule has 1 amide bonds. The van der Waals surface area contributed by atoms with Crippen LogP contribution >= 0.6 is 0 Å². The predicted octanol–water partition coefficient (Wildman–Crippen LogP) is 1.98. The SMILES string of the molecule is Cc1ccc2ccc(N3C(=O)c4cccnc4C3O)nc2n1. The van der Waals surface area contributed by atoms with Crippen molar-refractivity contribution in [2.75, 3.05) is 4.90 Å². The summed E-state index contributed by atoms with van der Waals surface area (Å²) in [5.74, 6) is 0.0520. The summed E-state index contributed by atoms with van der Waals surface area (Å²) < 4.78 is 0. The number of amides is 1. The van der Waals surface area contributed by atoms with E-state index in [-0.39, 0.29) is 5.91 Å². The number of aromatic nitrogens is 3. The highest BCUT2D eigenvalue weighted by molar-refractivity contribution is 6.10. The molecule has 1 N–H and O–H groups in total. The highest BCUT2D eigenvalue weighted by Crippen LogP contribution is 2.33. The molecule has 0 saturated carbocycles. The summed E-state index contributed by atoms with van der Waals surface area (Å²) in [5.41, 5.74) is 2.14. The minimum atomic E-state index is -1.13. The van der Waals surface area contributed by atoms with Gasteiger partial charge >= 0.3 is 0 Å². The minimum absolute atomic E-state index is 0.310. The second-order valence-corrected chi connectivity index (χ2v) is 5.15. The van der Waals surface area contributed by atoms with E-state index in [0.717, 1.165) is 11.1 Å². The monoisotopic (exact) mass is 292 g/mol. The summed E-state index contributed by atoms with van der Waals surface area (Å²) >= 11 is 0. The highest BCUT2D eigenvalue weighted by atomic mass is 16.3. The standard InChI is InChI=1S/C16H12N4O2/c1-9-4-5-10-6-7-12(19-14(10)18-9)20-15(21)11-3-2-8-17-13(11)16(20)22/h2-8,16,22H,1H3. The zero-order valence-corrected chi connectivity index (χ0v) is 11.8. The summed E-state index contributed by atoms with van der Waals surface area (Å²) in [5, 5.41) is 11.3. The molecule has 4 heterocycles. The average Bonchev–Trinajstić information content (AvgIpc) is 2.79. The molecule has 3 aromatic heterocycles. The molecule has 0 saturated heterocycles. The lowest BCUT2D eigenvalue weighted by atomic mass is 10.2. The fourth-order valence-electron chi connectivity index (χ4n) is 2.61. The van der Waals surface area contributed by atoms with Crippen LogP contribution in [-0.2, 0) is 0 Å². The first-order chi connectivity index (χ1) is 10.6. The molecule has 22 heavy (non-hydrogen) atoms. The number of anilines is 1. The van der Waals surface area contributed by atoms with Gasteiger partial charge in [0.05, 0.1) is 5.56 Å². The molecule has 0 fully saturated rings. The molecule has 1 aliphatic rings. The van der Waals surface area contributed by atoms with Crippen molar-refractivity contribution in [2.24, 2.45) is 0 Å². The van der Waals surface area contributed by atoms with Crippen molar-refractivity contribution in [3.63, 3.8) is 0 Å². The molecule has 1 unspecified atom stereocenters. The number of nitrogens with zero attached hydrogens (tertiary/aromatic N) is 4. The van der Waals surface area contributed by atoms with E-state index in [1.165, 1.54) is 4.90 Å². The van der Waals surface area contributed by atoms with Gasteiger partial charge in [-0.2, -0.15) is 0 Å². The molecule has 3 aromatic rings. The van der Waals surface area contributed by atoms with Crippen molar-refractivity contribution >= 4 is 22.8 Å². The maximum absolute atomic E-state index is 12.5. The summed E-state index contributed by atoms with van der Waals surface area (Å²) in [6, 6.07) is 10.7. The maximum Gasteiger partial charge on any atom is 0.263 e. The second kappa shape index (κ2) is 4.57. The number of hydrogen-bond acceptors (Lipinski definition) is 5. The first kappa shape index (κ1) is 12.8. The van der Waals surface area contributed by atoms with Gasteiger partial charge in [-0.25, -0.2) is 9.97 Å². The van der Waals surface area contributed by atoms with Gasteiger partial charge in [-0.05, 0) is 43.3 Å². The van der Waals surface area contributed by atoms with Crippen LogP contribution in [0.25, 0.3) is 11.0 Å². The second-order valence-electron chi connectivity index (χ2n) is 5.15. The number of aliphatic hydroxyl groups is 1. The van der Waals surface area contributed by atoms with Crippen molar-refractivity contribution in [1.82, 2.24) is 15.0 Å². The number of aliphatic hydroxyl groups excluding tert-OH is 1. The number of hydrogen-bond donors (Lipinski definition) is 1. The van der Waals surface area contributed by atoms with Crippen LogP contribution in [0.3, 0.4) is 0 Å². The maximum atomic E-state index is 12.5. The normalized spacial score (nSPS) is 17.1. The Kier molecular flexibility index (Phi) is 2.67. The summed E-state index contributed by atoms with van der Waals surface area (Å²) in [6.07, 6.45) is 0.427. The molecule has 0 bridgehead atoms.